The number of amides is 1. The maximum absolute atomic E-state index is 11.4. The molecule has 1 rings (SSSR count). The highest BCUT2D eigenvalue weighted by Crippen LogP contribution is 2.27. The zero-order valence-electron chi connectivity index (χ0n) is 7.75. The Morgan fingerprint density at radius 3 is 2.62 bits per heavy atom. The number of carbonyl (C=O) groups is 1. The molecule has 5 N–H and O–H groups in total. The Balaban J connectivity index is 0.00000225. The number of hydrogen-bond donors (Lipinski definition) is 4. The Kier molecular flexibility index (Phi) is 5.84. The van der Waals surface area contributed by atoms with Crippen LogP contribution in [0.25, 0.3) is 0 Å². The number of phenolic OH excluding ortho intramolecular Hbond substituents is 1. The highest BCUT2D eigenvalue weighted by atomic mass is 127. The molecule has 1 amide bonds. The van der Waals surface area contributed by atoms with E-state index < -0.39 is 11.9 Å². The van der Waals surface area contributed by atoms with Crippen molar-refractivity contribution in [2.24, 2.45) is 5.73 Å². The molecule has 0 aliphatic rings. The van der Waals surface area contributed by atoms with Crippen LogP contribution in [0, 0.1) is 8.98 Å². The number of nitrogens with one attached hydrogen (secondary N) is 2. The average molecular weight is 376 g/mol. The molecule has 16 heavy (non-hydrogen) atoms. The van der Waals surface area contributed by atoms with Gasteiger partial charge in [-0.3, -0.25) is 15.5 Å². The number of benzene rings is 1. The van der Waals surface area contributed by atoms with Gasteiger partial charge in [0.25, 0.3) is 5.91 Å². The second-order valence-corrected chi connectivity index (χ2v) is 4.22. The molecule has 0 bridgehead atoms. The molecular weight excluding hydrogens is 368 g/mol. The topological polar surface area (TPSA) is 99.2 Å². The van der Waals surface area contributed by atoms with Gasteiger partial charge in [-0.05, 0) is 28.7 Å². The van der Waals surface area contributed by atoms with Crippen LogP contribution in [0.2, 0.25) is 5.02 Å². The summed E-state index contributed by atoms with van der Waals surface area (Å²) in [5.74, 6) is -1.04. The Morgan fingerprint density at radius 1 is 1.56 bits per heavy atom. The largest absolute Gasteiger partial charge is 0.507 e. The fourth-order valence-corrected chi connectivity index (χ4v) is 1.61. The van der Waals surface area contributed by atoms with E-state index in [0.29, 0.717) is 3.57 Å². The molecule has 0 heterocycles. The third-order valence-electron chi connectivity index (χ3n) is 1.53. The maximum atomic E-state index is 11.4. The standard InChI is InChI=1S/C8H7ClIN3O2.ClH/c9-4-2-6(14)5(10)1-3(4)7(15)13-8(11)12;/h1-2,14H,(H4,11,12,13,15);1H. The minimum atomic E-state index is -0.578. The maximum Gasteiger partial charge on any atom is 0.259 e. The van der Waals surface area contributed by atoms with Crippen molar-refractivity contribution in [3.8, 4) is 5.75 Å². The van der Waals surface area contributed by atoms with E-state index in [1.54, 1.807) is 0 Å². The van der Waals surface area contributed by atoms with E-state index in [1.165, 1.54) is 12.1 Å². The first-order valence-electron chi connectivity index (χ1n) is 3.75. The molecule has 0 aliphatic carbocycles. The number of aromatic hydroxyl groups is 1. The van der Waals surface area contributed by atoms with Crippen LogP contribution in [-0.4, -0.2) is 17.0 Å². The summed E-state index contributed by atoms with van der Waals surface area (Å²) in [5, 5.41) is 18.4. The molecule has 0 saturated heterocycles. The third kappa shape index (κ3) is 3.69. The van der Waals surface area contributed by atoms with E-state index in [2.05, 4.69) is 5.32 Å². The lowest BCUT2D eigenvalue weighted by Gasteiger charge is -2.06. The smallest absolute Gasteiger partial charge is 0.259 e. The summed E-state index contributed by atoms with van der Waals surface area (Å²) < 4.78 is 0.491. The number of guanidine groups is 1. The molecular formula is C8H8Cl2IN3O2. The first-order valence-corrected chi connectivity index (χ1v) is 5.21. The highest BCUT2D eigenvalue weighted by molar-refractivity contribution is 14.1. The monoisotopic (exact) mass is 375 g/mol. The first kappa shape index (κ1) is 15.3. The Bertz CT molecular complexity index is 440. The molecule has 0 aromatic heterocycles. The van der Waals surface area contributed by atoms with Gasteiger partial charge in [0.2, 0.25) is 0 Å². The molecule has 0 atom stereocenters. The van der Waals surface area contributed by atoms with Crippen LogP contribution >= 0.6 is 46.6 Å². The molecule has 8 heteroatoms. The summed E-state index contributed by atoms with van der Waals surface area (Å²) in [6.45, 7) is 0. The molecule has 1 aromatic rings. The van der Waals surface area contributed by atoms with E-state index in [9.17, 15) is 9.90 Å². The minimum Gasteiger partial charge on any atom is -0.507 e. The highest BCUT2D eigenvalue weighted by Gasteiger charge is 2.13. The number of nitrogens with two attached hydrogens (primary N) is 1. The van der Waals surface area contributed by atoms with E-state index in [4.69, 9.17) is 22.7 Å². The van der Waals surface area contributed by atoms with Gasteiger partial charge in [-0.15, -0.1) is 12.4 Å². The van der Waals surface area contributed by atoms with Gasteiger partial charge in [-0.25, -0.2) is 0 Å². The van der Waals surface area contributed by atoms with Crippen molar-refractivity contribution in [3.05, 3.63) is 26.3 Å². The molecule has 0 saturated carbocycles. The van der Waals surface area contributed by atoms with E-state index in [-0.39, 0.29) is 28.7 Å². The zero-order valence-corrected chi connectivity index (χ0v) is 11.5. The normalized spacial score (nSPS) is 9.12. The molecule has 1 aromatic carbocycles. The predicted molar refractivity (Wildman–Crippen MR) is 72.5 cm³/mol. The summed E-state index contributed by atoms with van der Waals surface area (Å²) in [6, 6.07) is 2.68. The third-order valence-corrected chi connectivity index (χ3v) is 2.71. The molecule has 88 valence electrons. The second-order valence-electron chi connectivity index (χ2n) is 2.65. The van der Waals surface area contributed by atoms with Gasteiger partial charge in [-0.2, -0.15) is 0 Å². The summed E-state index contributed by atoms with van der Waals surface area (Å²) in [4.78, 5) is 11.4. The fourth-order valence-electron chi connectivity index (χ4n) is 0.900. The van der Waals surface area contributed by atoms with Crippen molar-refractivity contribution in [2.45, 2.75) is 0 Å². The van der Waals surface area contributed by atoms with Gasteiger partial charge in [0.1, 0.15) is 5.75 Å². The van der Waals surface area contributed by atoms with E-state index >= 15 is 0 Å². The molecule has 0 unspecified atom stereocenters. The lowest BCUT2D eigenvalue weighted by atomic mass is 10.2. The summed E-state index contributed by atoms with van der Waals surface area (Å²) in [7, 11) is 0. The summed E-state index contributed by atoms with van der Waals surface area (Å²) in [5.41, 5.74) is 5.17. The Morgan fingerprint density at radius 2 is 2.12 bits per heavy atom. The number of hydrogen-bond acceptors (Lipinski definition) is 3. The van der Waals surface area contributed by atoms with E-state index in [0.717, 1.165) is 0 Å². The van der Waals surface area contributed by atoms with E-state index in [1.807, 2.05) is 22.6 Å². The van der Waals surface area contributed by atoms with Crippen LogP contribution in [0.4, 0.5) is 0 Å². The van der Waals surface area contributed by atoms with Crippen LogP contribution in [0.15, 0.2) is 12.1 Å². The van der Waals surface area contributed by atoms with Gasteiger partial charge in [0.15, 0.2) is 5.96 Å². The van der Waals surface area contributed by atoms with Gasteiger partial charge < -0.3 is 10.8 Å². The van der Waals surface area contributed by atoms with Gasteiger partial charge in [0, 0.05) is 6.07 Å². The van der Waals surface area contributed by atoms with Crippen molar-refractivity contribution in [3.63, 3.8) is 0 Å². The number of halogens is 3. The van der Waals surface area contributed by atoms with Gasteiger partial charge in [0.05, 0.1) is 14.2 Å². The molecule has 5 nitrogen and oxygen atoms in total. The van der Waals surface area contributed by atoms with Crippen LogP contribution in [0.1, 0.15) is 10.4 Å². The van der Waals surface area contributed by atoms with Crippen molar-refractivity contribution in [1.29, 1.82) is 5.41 Å². The number of carbonyl (C=O) groups excluding carboxylic acids is 1. The summed E-state index contributed by atoms with van der Waals surface area (Å²) >= 11 is 7.60. The van der Waals surface area contributed by atoms with Crippen LogP contribution in [0.3, 0.4) is 0 Å². The SMILES string of the molecule is Cl.N=C(N)NC(=O)c1cc(I)c(O)cc1Cl. The quantitative estimate of drug-likeness (QED) is 0.341. The second kappa shape index (κ2) is 6.12. The van der Waals surface area contributed by atoms with Crippen LogP contribution in [-0.2, 0) is 0 Å². The average Bonchev–Trinajstić information content (AvgIpc) is 2.09. The number of phenols is 1. The fraction of sp³-hybridized carbons (Fsp3) is 0. The van der Waals surface area contributed by atoms with Crippen molar-refractivity contribution in [1.82, 2.24) is 5.32 Å². The molecule has 0 aliphatic heterocycles. The van der Waals surface area contributed by atoms with Gasteiger partial charge >= 0.3 is 0 Å². The molecule has 0 spiro atoms. The van der Waals surface area contributed by atoms with Crippen LogP contribution < -0.4 is 11.1 Å². The number of rotatable bonds is 1. The van der Waals surface area contributed by atoms with Crippen molar-refractivity contribution >= 4 is 58.5 Å². The first-order chi connectivity index (χ1) is 6.91. The molecule has 0 fully saturated rings. The Hall–Kier alpha value is -0.730. The van der Waals surface area contributed by atoms with Gasteiger partial charge in [-0.1, -0.05) is 11.6 Å². The lowest BCUT2D eigenvalue weighted by molar-refractivity contribution is 0.0976. The zero-order chi connectivity index (χ0) is 11.6. The lowest BCUT2D eigenvalue weighted by Crippen LogP contribution is -2.35. The predicted octanol–water partition coefficient (Wildman–Crippen LogP) is 1.70. The van der Waals surface area contributed by atoms with Crippen molar-refractivity contribution in [2.75, 3.05) is 0 Å². The Labute approximate surface area is 116 Å². The minimum absolute atomic E-state index is 0. The van der Waals surface area contributed by atoms with Crippen LogP contribution in [0.5, 0.6) is 5.75 Å². The van der Waals surface area contributed by atoms with Crippen molar-refractivity contribution < 1.29 is 9.90 Å². The summed E-state index contributed by atoms with van der Waals surface area (Å²) in [6.07, 6.45) is 0. The molecule has 0 radical (unpaired) electrons.